The molecule has 0 unspecified atom stereocenters. The topological polar surface area (TPSA) is 35.5 Å². The number of thiophene rings is 1. The number of hydrogen-bond donors (Lipinski definition) is 0. The van der Waals surface area contributed by atoms with Crippen molar-refractivity contribution >= 4 is 17.1 Å². The third-order valence-corrected chi connectivity index (χ3v) is 2.82. The zero-order chi connectivity index (χ0) is 11.3. The zero-order valence-corrected chi connectivity index (χ0v) is 10.1. The van der Waals surface area contributed by atoms with Gasteiger partial charge in [-0.2, -0.15) is 0 Å². The number of rotatable bonds is 6. The van der Waals surface area contributed by atoms with Gasteiger partial charge in [0.15, 0.2) is 0 Å². The minimum atomic E-state index is -0.756. The second-order valence-electron chi connectivity index (χ2n) is 3.00. The van der Waals surface area contributed by atoms with Gasteiger partial charge >= 0.3 is 0 Å². The first-order valence-electron chi connectivity index (χ1n) is 5.02. The molecular weight excluding hydrogens is 212 g/mol. The zero-order valence-electron chi connectivity index (χ0n) is 9.28. The van der Waals surface area contributed by atoms with E-state index in [1.807, 2.05) is 32.2 Å². The third kappa shape index (κ3) is 3.12. The van der Waals surface area contributed by atoms with Crippen LogP contribution in [-0.2, 0) is 9.47 Å². The van der Waals surface area contributed by atoms with E-state index in [0.717, 1.165) is 4.88 Å². The fourth-order valence-corrected chi connectivity index (χ4v) is 1.97. The first kappa shape index (κ1) is 12.4. The molecule has 1 aromatic heterocycles. The second-order valence-corrected chi connectivity index (χ2v) is 4.12. The van der Waals surface area contributed by atoms with Gasteiger partial charge < -0.3 is 9.47 Å². The van der Waals surface area contributed by atoms with Crippen molar-refractivity contribution in [3.8, 4) is 0 Å². The normalized spacial score (nSPS) is 10.9. The SMILES string of the molecule is CCOC(OCC)C(=O)c1ccsc1C. The van der Waals surface area contributed by atoms with Crippen LogP contribution in [0.3, 0.4) is 0 Å². The van der Waals surface area contributed by atoms with Gasteiger partial charge in [0, 0.05) is 23.7 Å². The summed E-state index contributed by atoms with van der Waals surface area (Å²) in [5.74, 6) is -0.0857. The van der Waals surface area contributed by atoms with Gasteiger partial charge in [-0.1, -0.05) is 0 Å². The molecule has 4 heteroatoms. The Morgan fingerprint density at radius 3 is 2.40 bits per heavy atom. The van der Waals surface area contributed by atoms with Crippen LogP contribution in [0.4, 0.5) is 0 Å². The number of aryl methyl sites for hydroxylation is 1. The van der Waals surface area contributed by atoms with Crippen molar-refractivity contribution in [3.63, 3.8) is 0 Å². The molecule has 84 valence electrons. The van der Waals surface area contributed by atoms with E-state index in [2.05, 4.69) is 0 Å². The molecule has 0 aliphatic carbocycles. The van der Waals surface area contributed by atoms with Gasteiger partial charge in [0.25, 0.3) is 0 Å². The fourth-order valence-electron chi connectivity index (χ4n) is 1.27. The van der Waals surface area contributed by atoms with Gasteiger partial charge in [0.2, 0.25) is 12.1 Å². The quantitative estimate of drug-likeness (QED) is 0.554. The van der Waals surface area contributed by atoms with Crippen LogP contribution in [0, 0.1) is 6.92 Å². The molecule has 3 nitrogen and oxygen atoms in total. The molecule has 1 rings (SSSR count). The Labute approximate surface area is 94.0 Å². The molecule has 0 radical (unpaired) electrons. The summed E-state index contributed by atoms with van der Waals surface area (Å²) in [6, 6.07) is 1.81. The maximum atomic E-state index is 12.0. The summed E-state index contributed by atoms with van der Waals surface area (Å²) in [5.41, 5.74) is 0.701. The number of Topliss-reactive ketones (excluding diaryl/α,β-unsaturated/α-hetero) is 1. The van der Waals surface area contributed by atoms with Crippen LogP contribution in [0.5, 0.6) is 0 Å². The molecule has 0 saturated heterocycles. The molecule has 0 aliphatic rings. The van der Waals surface area contributed by atoms with E-state index >= 15 is 0 Å². The van der Waals surface area contributed by atoms with Crippen LogP contribution in [-0.4, -0.2) is 25.3 Å². The van der Waals surface area contributed by atoms with Crippen LogP contribution in [0.15, 0.2) is 11.4 Å². The van der Waals surface area contributed by atoms with Gasteiger partial charge in [-0.25, -0.2) is 0 Å². The van der Waals surface area contributed by atoms with Crippen molar-refractivity contribution in [2.45, 2.75) is 27.1 Å². The molecule has 15 heavy (non-hydrogen) atoms. The van der Waals surface area contributed by atoms with Crippen LogP contribution >= 0.6 is 11.3 Å². The van der Waals surface area contributed by atoms with Crippen molar-refractivity contribution in [1.82, 2.24) is 0 Å². The smallest absolute Gasteiger partial charge is 0.222 e. The van der Waals surface area contributed by atoms with E-state index < -0.39 is 6.29 Å². The van der Waals surface area contributed by atoms with E-state index in [9.17, 15) is 4.79 Å². The monoisotopic (exact) mass is 228 g/mol. The Balaban J connectivity index is 2.76. The number of ketones is 1. The van der Waals surface area contributed by atoms with Gasteiger partial charge in [-0.3, -0.25) is 4.79 Å². The molecule has 0 atom stereocenters. The Kier molecular flexibility index (Phi) is 4.94. The number of carbonyl (C=O) groups is 1. The first-order valence-corrected chi connectivity index (χ1v) is 5.90. The lowest BCUT2D eigenvalue weighted by Crippen LogP contribution is -2.27. The Morgan fingerprint density at radius 1 is 1.40 bits per heavy atom. The molecule has 0 bridgehead atoms. The van der Waals surface area contributed by atoms with Crippen LogP contribution in [0.25, 0.3) is 0 Å². The lowest BCUT2D eigenvalue weighted by Gasteiger charge is -2.15. The standard InChI is InChI=1S/C11H16O3S/c1-4-13-11(14-5-2)10(12)9-6-7-15-8(9)3/h6-7,11H,4-5H2,1-3H3. The van der Waals surface area contributed by atoms with Crippen LogP contribution in [0.2, 0.25) is 0 Å². The van der Waals surface area contributed by atoms with Gasteiger partial charge in [0.1, 0.15) is 0 Å². The Morgan fingerprint density at radius 2 is 2.00 bits per heavy atom. The van der Waals surface area contributed by atoms with E-state index in [0.29, 0.717) is 18.8 Å². The molecule has 1 aromatic rings. The fraction of sp³-hybridized carbons (Fsp3) is 0.545. The number of hydrogen-bond acceptors (Lipinski definition) is 4. The number of ether oxygens (including phenoxy) is 2. The molecule has 0 amide bonds. The summed E-state index contributed by atoms with van der Waals surface area (Å²) < 4.78 is 10.5. The lowest BCUT2D eigenvalue weighted by molar-refractivity contribution is -0.107. The van der Waals surface area contributed by atoms with Crippen molar-refractivity contribution in [1.29, 1.82) is 0 Å². The first-order chi connectivity index (χ1) is 7.20. The van der Waals surface area contributed by atoms with Crippen molar-refractivity contribution < 1.29 is 14.3 Å². The molecule has 0 fully saturated rings. The highest BCUT2D eigenvalue weighted by molar-refractivity contribution is 7.10. The highest BCUT2D eigenvalue weighted by Gasteiger charge is 2.22. The molecule has 0 spiro atoms. The summed E-state index contributed by atoms with van der Waals surface area (Å²) >= 11 is 1.55. The molecule has 0 aliphatic heterocycles. The predicted molar refractivity (Wildman–Crippen MR) is 60.4 cm³/mol. The minimum absolute atomic E-state index is 0.0857. The van der Waals surface area contributed by atoms with E-state index in [1.54, 1.807) is 11.3 Å². The van der Waals surface area contributed by atoms with Crippen molar-refractivity contribution in [3.05, 3.63) is 21.9 Å². The Bertz CT molecular complexity index is 313. The maximum absolute atomic E-state index is 12.0. The average Bonchev–Trinajstić information content (AvgIpc) is 2.63. The van der Waals surface area contributed by atoms with Crippen molar-refractivity contribution in [2.24, 2.45) is 0 Å². The van der Waals surface area contributed by atoms with E-state index in [4.69, 9.17) is 9.47 Å². The largest absolute Gasteiger partial charge is 0.346 e. The Hall–Kier alpha value is -0.710. The average molecular weight is 228 g/mol. The molecule has 0 saturated carbocycles. The third-order valence-electron chi connectivity index (χ3n) is 1.97. The van der Waals surface area contributed by atoms with Crippen molar-refractivity contribution in [2.75, 3.05) is 13.2 Å². The second kappa shape index (κ2) is 6.00. The summed E-state index contributed by atoms with van der Waals surface area (Å²) in [6.45, 7) is 6.56. The highest BCUT2D eigenvalue weighted by atomic mass is 32.1. The van der Waals surface area contributed by atoms with Crippen LogP contribution < -0.4 is 0 Å². The van der Waals surface area contributed by atoms with E-state index in [1.165, 1.54) is 0 Å². The highest BCUT2D eigenvalue weighted by Crippen LogP contribution is 2.18. The molecule has 0 N–H and O–H groups in total. The molecule has 0 aromatic carbocycles. The van der Waals surface area contributed by atoms with E-state index in [-0.39, 0.29) is 5.78 Å². The summed E-state index contributed by atoms with van der Waals surface area (Å²) in [5, 5.41) is 1.90. The molecular formula is C11H16O3S. The van der Waals surface area contributed by atoms with Gasteiger partial charge in [0.05, 0.1) is 0 Å². The maximum Gasteiger partial charge on any atom is 0.222 e. The minimum Gasteiger partial charge on any atom is -0.346 e. The summed E-state index contributed by atoms with van der Waals surface area (Å²) in [4.78, 5) is 13.0. The predicted octanol–water partition coefficient (Wildman–Crippen LogP) is 2.64. The molecule has 1 heterocycles. The van der Waals surface area contributed by atoms with Gasteiger partial charge in [-0.05, 0) is 32.2 Å². The summed E-state index contributed by atoms with van der Waals surface area (Å²) in [7, 11) is 0. The van der Waals surface area contributed by atoms with Crippen LogP contribution in [0.1, 0.15) is 29.1 Å². The summed E-state index contributed by atoms with van der Waals surface area (Å²) in [6.07, 6.45) is -0.756. The number of carbonyl (C=O) groups excluding carboxylic acids is 1. The lowest BCUT2D eigenvalue weighted by atomic mass is 10.1. The van der Waals surface area contributed by atoms with Gasteiger partial charge in [-0.15, -0.1) is 11.3 Å².